The third-order valence-electron chi connectivity index (χ3n) is 2.80. The Balaban J connectivity index is 2.57. The number of para-hydroxylation sites is 1. The minimum atomic E-state index is -0.642. The van der Waals surface area contributed by atoms with Gasteiger partial charge in [0.05, 0.1) is 5.56 Å². The molecule has 0 aliphatic heterocycles. The van der Waals surface area contributed by atoms with E-state index in [9.17, 15) is 10.1 Å². The lowest BCUT2D eigenvalue weighted by Crippen LogP contribution is -2.16. The van der Waals surface area contributed by atoms with E-state index in [4.69, 9.17) is 0 Å². The van der Waals surface area contributed by atoms with Crippen LogP contribution in [0.15, 0.2) is 30.5 Å². The summed E-state index contributed by atoms with van der Waals surface area (Å²) in [5, 5.41) is 12.0. The van der Waals surface area contributed by atoms with Crippen molar-refractivity contribution in [2.75, 3.05) is 0 Å². The Morgan fingerprint density at radius 1 is 1.31 bits per heavy atom. The molecule has 1 heterocycles. The SMILES string of the molecule is CC(C)C(c1c[nH]c2ccccc12)[N+](=O)[O-]. The molecule has 84 valence electrons. The van der Waals surface area contributed by atoms with Crippen molar-refractivity contribution >= 4 is 10.9 Å². The second-order valence-corrected chi connectivity index (χ2v) is 4.26. The highest BCUT2D eigenvalue weighted by Gasteiger charge is 2.29. The number of aromatic nitrogens is 1. The molecule has 1 atom stereocenters. The molecule has 0 amide bonds. The standard InChI is InChI=1S/C12H14N2O2/c1-8(2)12(14(15)16)10-7-13-11-6-4-3-5-9(10)11/h3-8,12-13H,1-2H3. The Morgan fingerprint density at radius 2 is 2.00 bits per heavy atom. The van der Waals surface area contributed by atoms with Gasteiger partial charge in [0.25, 0.3) is 0 Å². The molecule has 4 nitrogen and oxygen atoms in total. The number of aromatic amines is 1. The maximum atomic E-state index is 11.1. The van der Waals surface area contributed by atoms with Crippen LogP contribution in [0.2, 0.25) is 0 Å². The summed E-state index contributed by atoms with van der Waals surface area (Å²) < 4.78 is 0. The minimum absolute atomic E-state index is 0.0193. The van der Waals surface area contributed by atoms with Crippen LogP contribution in [0, 0.1) is 16.0 Å². The third kappa shape index (κ3) is 1.66. The summed E-state index contributed by atoms with van der Waals surface area (Å²) in [5.41, 5.74) is 1.72. The summed E-state index contributed by atoms with van der Waals surface area (Å²) >= 11 is 0. The van der Waals surface area contributed by atoms with Crippen LogP contribution < -0.4 is 0 Å². The molecule has 4 heteroatoms. The van der Waals surface area contributed by atoms with Crippen molar-refractivity contribution in [2.45, 2.75) is 19.9 Å². The number of nitrogens with zero attached hydrogens (tertiary/aromatic N) is 1. The first-order valence-corrected chi connectivity index (χ1v) is 5.30. The van der Waals surface area contributed by atoms with Crippen LogP contribution in [0.25, 0.3) is 10.9 Å². The quantitative estimate of drug-likeness (QED) is 0.635. The second-order valence-electron chi connectivity index (χ2n) is 4.26. The predicted molar refractivity (Wildman–Crippen MR) is 62.9 cm³/mol. The Labute approximate surface area is 93.4 Å². The smallest absolute Gasteiger partial charge is 0.242 e. The summed E-state index contributed by atoms with van der Waals surface area (Å²) in [6.45, 7) is 3.74. The van der Waals surface area contributed by atoms with Crippen molar-refractivity contribution in [3.05, 3.63) is 46.1 Å². The maximum Gasteiger partial charge on any atom is 0.242 e. The number of hydrogen-bond acceptors (Lipinski definition) is 2. The van der Waals surface area contributed by atoms with Crippen LogP contribution in [-0.4, -0.2) is 9.91 Å². The fourth-order valence-electron chi connectivity index (χ4n) is 2.05. The molecule has 0 spiro atoms. The molecule has 0 saturated carbocycles. The van der Waals surface area contributed by atoms with E-state index in [2.05, 4.69) is 4.98 Å². The average molecular weight is 218 g/mol. The van der Waals surface area contributed by atoms with Crippen LogP contribution in [0.4, 0.5) is 0 Å². The normalized spacial score (nSPS) is 13.2. The van der Waals surface area contributed by atoms with E-state index in [1.807, 2.05) is 38.1 Å². The molecule has 2 aromatic rings. The molecule has 1 unspecified atom stereocenters. The largest absolute Gasteiger partial charge is 0.361 e. The van der Waals surface area contributed by atoms with Gasteiger partial charge in [0.2, 0.25) is 6.04 Å². The number of rotatable bonds is 3. The Bertz CT molecular complexity index is 516. The van der Waals surface area contributed by atoms with Crippen LogP contribution in [-0.2, 0) is 0 Å². The minimum Gasteiger partial charge on any atom is -0.361 e. The number of hydrogen-bond donors (Lipinski definition) is 1. The lowest BCUT2D eigenvalue weighted by Gasteiger charge is -2.11. The molecule has 0 fully saturated rings. The van der Waals surface area contributed by atoms with Gasteiger partial charge in [-0.1, -0.05) is 32.0 Å². The molecule has 16 heavy (non-hydrogen) atoms. The van der Waals surface area contributed by atoms with Gasteiger partial charge in [0, 0.05) is 27.9 Å². The second kappa shape index (κ2) is 3.96. The Hall–Kier alpha value is -1.84. The zero-order chi connectivity index (χ0) is 11.7. The highest BCUT2D eigenvalue weighted by molar-refractivity contribution is 5.83. The van der Waals surface area contributed by atoms with E-state index in [0.717, 1.165) is 16.5 Å². The first-order chi connectivity index (χ1) is 7.61. The molecular formula is C12H14N2O2. The molecule has 0 saturated heterocycles. The lowest BCUT2D eigenvalue weighted by molar-refractivity contribution is -0.537. The predicted octanol–water partition coefficient (Wildman–Crippen LogP) is 3.14. The van der Waals surface area contributed by atoms with E-state index in [1.165, 1.54) is 0 Å². The number of fused-ring (bicyclic) bond motifs is 1. The van der Waals surface area contributed by atoms with Gasteiger partial charge in [-0.05, 0) is 6.07 Å². The van der Waals surface area contributed by atoms with Crippen LogP contribution in [0.5, 0.6) is 0 Å². The summed E-state index contributed by atoms with van der Waals surface area (Å²) in [6, 6.07) is 7.02. The van der Waals surface area contributed by atoms with Crippen molar-refractivity contribution < 1.29 is 4.92 Å². The molecule has 0 aliphatic rings. The summed E-state index contributed by atoms with van der Waals surface area (Å²) in [6.07, 6.45) is 1.75. The van der Waals surface area contributed by atoms with Gasteiger partial charge in [0.15, 0.2) is 0 Å². The molecule has 1 aromatic heterocycles. The highest BCUT2D eigenvalue weighted by atomic mass is 16.6. The van der Waals surface area contributed by atoms with Crippen LogP contribution >= 0.6 is 0 Å². The summed E-state index contributed by atoms with van der Waals surface area (Å²) in [5.74, 6) is -0.0193. The molecular weight excluding hydrogens is 204 g/mol. The van der Waals surface area contributed by atoms with Crippen LogP contribution in [0.3, 0.4) is 0 Å². The molecule has 0 radical (unpaired) electrons. The molecule has 0 aliphatic carbocycles. The highest BCUT2D eigenvalue weighted by Crippen LogP contribution is 2.30. The number of nitrogens with one attached hydrogen (secondary N) is 1. The van der Waals surface area contributed by atoms with Gasteiger partial charge in [-0.25, -0.2) is 0 Å². The number of H-pyrrole nitrogens is 1. The molecule has 0 bridgehead atoms. The fraction of sp³-hybridized carbons (Fsp3) is 0.333. The van der Waals surface area contributed by atoms with Crippen molar-refractivity contribution in [3.8, 4) is 0 Å². The van der Waals surface area contributed by atoms with E-state index < -0.39 is 6.04 Å². The maximum absolute atomic E-state index is 11.1. The third-order valence-corrected chi connectivity index (χ3v) is 2.80. The van der Waals surface area contributed by atoms with E-state index in [1.54, 1.807) is 6.20 Å². The van der Waals surface area contributed by atoms with Gasteiger partial charge in [0.1, 0.15) is 0 Å². The van der Waals surface area contributed by atoms with Gasteiger partial charge in [-0.2, -0.15) is 0 Å². The van der Waals surface area contributed by atoms with Gasteiger partial charge in [-0.15, -0.1) is 0 Å². The van der Waals surface area contributed by atoms with Gasteiger partial charge in [-0.3, -0.25) is 10.1 Å². The number of benzene rings is 1. The van der Waals surface area contributed by atoms with Crippen molar-refractivity contribution in [3.63, 3.8) is 0 Å². The fourth-order valence-corrected chi connectivity index (χ4v) is 2.05. The van der Waals surface area contributed by atoms with E-state index in [0.29, 0.717) is 0 Å². The van der Waals surface area contributed by atoms with Crippen molar-refractivity contribution in [1.29, 1.82) is 0 Å². The van der Waals surface area contributed by atoms with Gasteiger partial charge >= 0.3 is 0 Å². The van der Waals surface area contributed by atoms with Crippen LogP contribution in [0.1, 0.15) is 25.5 Å². The summed E-state index contributed by atoms with van der Waals surface area (Å²) in [4.78, 5) is 13.9. The monoisotopic (exact) mass is 218 g/mol. The van der Waals surface area contributed by atoms with E-state index >= 15 is 0 Å². The average Bonchev–Trinajstić information content (AvgIpc) is 2.61. The van der Waals surface area contributed by atoms with Crippen molar-refractivity contribution in [1.82, 2.24) is 4.98 Å². The molecule has 1 N–H and O–H groups in total. The topological polar surface area (TPSA) is 58.9 Å². The Kier molecular flexibility index (Phi) is 2.64. The molecule has 2 rings (SSSR count). The zero-order valence-corrected chi connectivity index (χ0v) is 9.31. The lowest BCUT2D eigenvalue weighted by atomic mass is 9.96. The van der Waals surface area contributed by atoms with Crippen molar-refractivity contribution in [2.24, 2.45) is 5.92 Å². The first-order valence-electron chi connectivity index (χ1n) is 5.30. The summed E-state index contributed by atoms with van der Waals surface area (Å²) in [7, 11) is 0. The number of nitro groups is 1. The van der Waals surface area contributed by atoms with E-state index in [-0.39, 0.29) is 10.8 Å². The Morgan fingerprint density at radius 3 is 2.62 bits per heavy atom. The van der Waals surface area contributed by atoms with Gasteiger partial charge < -0.3 is 4.98 Å². The zero-order valence-electron chi connectivity index (χ0n) is 9.31. The first kappa shape index (κ1) is 10.7. The molecule has 1 aromatic carbocycles.